The van der Waals surface area contributed by atoms with E-state index in [1.165, 1.54) is 25.7 Å². The summed E-state index contributed by atoms with van der Waals surface area (Å²) in [7, 11) is 0. The van der Waals surface area contributed by atoms with Crippen LogP contribution >= 0.6 is 12.2 Å². The van der Waals surface area contributed by atoms with Crippen LogP contribution in [-0.2, 0) is 0 Å². The van der Waals surface area contributed by atoms with E-state index in [2.05, 4.69) is 21.2 Å². The summed E-state index contributed by atoms with van der Waals surface area (Å²) in [5.74, 6) is 2.13. The van der Waals surface area contributed by atoms with Crippen molar-refractivity contribution in [2.75, 3.05) is 31.1 Å². The third-order valence-corrected chi connectivity index (χ3v) is 6.18. The number of piperazine rings is 1. The molecular formula is C18H25N3OS. The van der Waals surface area contributed by atoms with E-state index < -0.39 is 0 Å². The first kappa shape index (κ1) is 15.1. The maximum absolute atomic E-state index is 9.63. The van der Waals surface area contributed by atoms with Gasteiger partial charge in [0.05, 0.1) is 0 Å². The highest BCUT2D eigenvalue weighted by molar-refractivity contribution is 7.80. The fourth-order valence-electron chi connectivity index (χ4n) is 4.53. The van der Waals surface area contributed by atoms with Crippen LogP contribution in [0.1, 0.15) is 25.7 Å². The van der Waals surface area contributed by atoms with Crippen LogP contribution in [0.2, 0.25) is 0 Å². The molecular weight excluding hydrogens is 306 g/mol. The van der Waals surface area contributed by atoms with Crippen molar-refractivity contribution in [2.45, 2.75) is 31.7 Å². The van der Waals surface area contributed by atoms with E-state index in [0.717, 1.165) is 48.8 Å². The summed E-state index contributed by atoms with van der Waals surface area (Å²) >= 11 is 5.66. The summed E-state index contributed by atoms with van der Waals surface area (Å²) in [6.45, 7) is 3.79. The van der Waals surface area contributed by atoms with Gasteiger partial charge in [0.25, 0.3) is 0 Å². The molecule has 2 bridgehead atoms. The number of hydrogen-bond donors (Lipinski definition) is 2. The first-order chi connectivity index (χ1) is 11.2. The second kappa shape index (κ2) is 6.19. The van der Waals surface area contributed by atoms with Crippen molar-refractivity contribution in [3.63, 3.8) is 0 Å². The molecule has 1 aliphatic heterocycles. The van der Waals surface area contributed by atoms with Crippen LogP contribution < -0.4 is 10.2 Å². The van der Waals surface area contributed by atoms with Gasteiger partial charge in [0.15, 0.2) is 5.11 Å². The Morgan fingerprint density at radius 1 is 1.13 bits per heavy atom. The summed E-state index contributed by atoms with van der Waals surface area (Å²) in [6.07, 6.45) is 5.54. The molecule has 23 heavy (non-hydrogen) atoms. The lowest BCUT2D eigenvalue weighted by Crippen LogP contribution is -2.54. The zero-order chi connectivity index (χ0) is 15.8. The summed E-state index contributed by atoms with van der Waals surface area (Å²) in [4.78, 5) is 4.62. The van der Waals surface area contributed by atoms with Gasteiger partial charge in [-0.2, -0.15) is 0 Å². The van der Waals surface area contributed by atoms with Gasteiger partial charge in [-0.1, -0.05) is 12.5 Å². The van der Waals surface area contributed by atoms with Crippen LogP contribution in [0, 0.1) is 11.8 Å². The number of hydrogen-bond acceptors (Lipinski definition) is 3. The molecule has 3 fully saturated rings. The Morgan fingerprint density at radius 3 is 2.61 bits per heavy atom. The number of rotatable bonds is 2. The third kappa shape index (κ3) is 3.11. The van der Waals surface area contributed by atoms with Crippen molar-refractivity contribution in [3.05, 3.63) is 24.3 Å². The Hall–Kier alpha value is -1.49. The molecule has 2 aliphatic carbocycles. The second-order valence-electron chi connectivity index (χ2n) is 7.22. The largest absolute Gasteiger partial charge is 0.508 e. The monoisotopic (exact) mass is 331 g/mol. The highest BCUT2D eigenvalue weighted by atomic mass is 32.1. The Kier molecular flexibility index (Phi) is 4.05. The average molecular weight is 331 g/mol. The van der Waals surface area contributed by atoms with Crippen molar-refractivity contribution < 1.29 is 5.11 Å². The molecule has 3 aliphatic rings. The number of fused-ring (bicyclic) bond motifs is 2. The van der Waals surface area contributed by atoms with Crippen LogP contribution in [0.3, 0.4) is 0 Å². The summed E-state index contributed by atoms with van der Waals surface area (Å²) < 4.78 is 0. The van der Waals surface area contributed by atoms with Gasteiger partial charge in [0.2, 0.25) is 0 Å². The number of nitrogens with one attached hydrogen (secondary N) is 1. The molecule has 0 unspecified atom stereocenters. The maximum Gasteiger partial charge on any atom is 0.169 e. The number of benzene rings is 1. The number of anilines is 1. The molecule has 0 aromatic heterocycles. The molecule has 3 atom stereocenters. The van der Waals surface area contributed by atoms with Crippen LogP contribution in [0.25, 0.3) is 0 Å². The van der Waals surface area contributed by atoms with Crippen molar-refractivity contribution in [1.82, 2.24) is 10.2 Å². The molecule has 2 N–H and O–H groups in total. The standard InChI is InChI=1S/C18H25N3OS/c22-16-3-1-2-15(12-16)20-6-8-21(9-7-20)18(23)19-17-11-13-4-5-14(17)10-13/h1-3,12-14,17,22H,4-11H2,(H,19,23)/t13-,14-,17+/m0/s1. The Morgan fingerprint density at radius 2 is 1.96 bits per heavy atom. The molecule has 4 nitrogen and oxygen atoms in total. The molecule has 5 heteroatoms. The highest BCUT2D eigenvalue weighted by Crippen LogP contribution is 2.44. The van der Waals surface area contributed by atoms with Gasteiger partial charge >= 0.3 is 0 Å². The predicted molar refractivity (Wildman–Crippen MR) is 96.9 cm³/mol. The van der Waals surface area contributed by atoms with E-state index in [1.807, 2.05) is 12.1 Å². The number of thiocarbonyl (C=S) groups is 1. The average Bonchev–Trinajstić information content (AvgIpc) is 3.18. The van der Waals surface area contributed by atoms with E-state index in [-0.39, 0.29) is 0 Å². The topological polar surface area (TPSA) is 38.7 Å². The summed E-state index contributed by atoms with van der Waals surface area (Å²) in [6, 6.07) is 8.13. The maximum atomic E-state index is 9.63. The van der Waals surface area contributed by atoms with Gasteiger partial charge in [0, 0.05) is 44.0 Å². The molecule has 1 heterocycles. The fourth-order valence-corrected chi connectivity index (χ4v) is 4.86. The van der Waals surface area contributed by atoms with Crippen LogP contribution in [-0.4, -0.2) is 47.3 Å². The predicted octanol–water partition coefficient (Wildman–Crippen LogP) is 2.58. The van der Waals surface area contributed by atoms with Gasteiger partial charge in [-0.15, -0.1) is 0 Å². The van der Waals surface area contributed by atoms with Gasteiger partial charge in [-0.3, -0.25) is 0 Å². The molecule has 2 saturated carbocycles. The fraction of sp³-hybridized carbons (Fsp3) is 0.611. The van der Waals surface area contributed by atoms with Crippen molar-refractivity contribution in [2.24, 2.45) is 11.8 Å². The molecule has 1 saturated heterocycles. The van der Waals surface area contributed by atoms with Crippen LogP contribution in [0.4, 0.5) is 5.69 Å². The Bertz CT molecular complexity index is 585. The summed E-state index contributed by atoms with van der Waals surface area (Å²) in [5.41, 5.74) is 1.09. The van der Waals surface area contributed by atoms with E-state index in [0.29, 0.717) is 11.8 Å². The smallest absolute Gasteiger partial charge is 0.169 e. The molecule has 1 aromatic rings. The normalized spacial score (nSPS) is 29.8. The number of nitrogens with zero attached hydrogens (tertiary/aromatic N) is 2. The highest BCUT2D eigenvalue weighted by Gasteiger charge is 2.40. The van der Waals surface area contributed by atoms with E-state index in [9.17, 15) is 5.11 Å². The van der Waals surface area contributed by atoms with Crippen molar-refractivity contribution >= 4 is 23.0 Å². The molecule has 0 radical (unpaired) electrons. The van der Waals surface area contributed by atoms with Crippen LogP contribution in [0.15, 0.2) is 24.3 Å². The van der Waals surface area contributed by atoms with Gasteiger partial charge in [-0.25, -0.2) is 0 Å². The van der Waals surface area contributed by atoms with Gasteiger partial charge in [-0.05, 0) is 55.4 Å². The van der Waals surface area contributed by atoms with Gasteiger partial charge in [0.1, 0.15) is 5.75 Å². The zero-order valence-electron chi connectivity index (χ0n) is 13.4. The SMILES string of the molecule is Oc1cccc(N2CCN(C(=S)N[C@@H]3C[C@H]4CC[C@H]3C4)CC2)c1. The molecule has 4 rings (SSSR count). The summed E-state index contributed by atoms with van der Waals surface area (Å²) in [5, 5.41) is 14.2. The number of phenolic OH excluding ortho intramolecular Hbond substituents is 1. The minimum Gasteiger partial charge on any atom is -0.508 e. The first-order valence-electron chi connectivity index (χ1n) is 8.78. The molecule has 0 amide bonds. The molecule has 0 spiro atoms. The zero-order valence-corrected chi connectivity index (χ0v) is 14.3. The Balaban J connectivity index is 1.30. The van der Waals surface area contributed by atoms with Crippen molar-refractivity contribution in [3.8, 4) is 5.75 Å². The molecule has 1 aromatic carbocycles. The minimum absolute atomic E-state index is 0.332. The quantitative estimate of drug-likeness (QED) is 0.815. The number of aromatic hydroxyl groups is 1. The minimum atomic E-state index is 0.332. The van der Waals surface area contributed by atoms with E-state index in [4.69, 9.17) is 12.2 Å². The van der Waals surface area contributed by atoms with E-state index >= 15 is 0 Å². The third-order valence-electron chi connectivity index (χ3n) is 5.81. The second-order valence-corrected chi connectivity index (χ2v) is 7.61. The van der Waals surface area contributed by atoms with Crippen molar-refractivity contribution in [1.29, 1.82) is 0 Å². The Labute approximate surface area is 143 Å². The van der Waals surface area contributed by atoms with Gasteiger partial charge < -0.3 is 20.2 Å². The lowest BCUT2D eigenvalue weighted by atomic mass is 9.95. The van der Waals surface area contributed by atoms with E-state index in [1.54, 1.807) is 6.07 Å². The molecule has 124 valence electrons. The number of phenols is 1. The lowest BCUT2D eigenvalue weighted by molar-refractivity contribution is 0.345. The van der Waals surface area contributed by atoms with Crippen LogP contribution in [0.5, 0.6) is 5.75 Å². The lowest BCUT2D eigenvalue weighted by Gasteiger charge is -2.38. The first-order valence-corrected chi connectivity index (χ1v) is 9.19.